The Morgan fingerprint density at radius 3 is 2.77 bits per heavy atom. The number of aliphatic hydroxyl groups is 1. The third kappa shape index (κ3) is 5.56. The summed E-state index contributed by atoms with van der Waals surface area (Å²) in [5.41, 5.74) is 0. The van der Waals surface area contributed by atoms with Crippen LogP contribution >= 0.6 is 0 Å². The molecule has 2 rings (SSSR count). The highest BCUT2D eigenvalue weighted by Gasteiger charge is 2.25. The fourth-order valence-corrected chi connectivity index (χ4v) is 2.82. The van der Waals surface area contributed by atoms with Gasteiger partial charge in [0.2, 0.25) is 0 Å². The summed E-state index contributed by atoms with van der Waals surface area (Å²) in [5.74, 6) is 1.04. The zero-order valence-electron chi connectivity index (χ0n) is 13.0. The summed E-state index contributed by atoms with van der Waals surface area (Å²) in [6.07, 6.45) is 4.97. The number of carbonyl (C=O) groups excluding carboxylic acids is 1. The fraction of sp³-hybridized carbons (Fsp3) is 0.588. The van der Waals surface area contributed by atoms with Crippen LogP contribution in [0.5, 0.6) is 5.75 Å². The number of benzene rings is 1. The van der Waals surface area contributed by atoms with Crippen LogP contribution in [-0.4, -0.2) is 36.9 Å². The van der Waals surface area contributed by atoms with Crippen molar-refractivity contribution in [2.24, 2.45) is 5.92 Å². The molecule has 1 aromatic carbocycles. The summed E-state index contributed by atoms with van der Waals surface area (Å²) in [5, 5.41) is 15.2. The molecule has 5 nitrogen and oxygen atoms in total. The van der Waals surface area contributed by atoms with E-state index in [0.717, 1.165) is 37.9 Å². The van der Waals surface area contributed by atoms with Crippen molar-refractivity contribution in [3.05, 3.63) is 30.3 Å². The van der Waals surface area contributed by atoms with Gasteiger partial charge in [-0.15, -0.1) is 0 Å². The summed E-state index contributed by atoms with van der Waals surface area (Å²) in [4.78, 5) is 11.9. The number of nitrogens with one attached hydrogen (secondary N) is 2. The number of para-hydroxylation sites is 1. The van der Waals surface area contributed by atoms with E-state index in [-0.39, 0.29) is 24.6 Å². The van der Waals surface area contributed by atoms with Crippen molar-refractivity contribution in [1.29, 1.82) is 0 Å². The van der Waals surface area contributed by atoms with Gasteiger partial charge in [-0.25, -0.2) is 4.79 Å². The summed E-state index contributed by atoms with van der Waals surface area (Å²) >= 11 is 0. The molecule has 2 atom stereocenters. The molecule has 122 valence electrons. The van der Waals surface area contributed by atoms with E-state index >= 15 is 0 Å². The predicted octanol–water partition coefficient (Wildman–Crippen LogP) is 2.31. The normalized spacial score (nSPS) is 21.1. The molecule has 0 radical (unpaired) electrons. The fourth-order valence-electron chi connectivity index (χ4n) is 2.82. The van der Waals surface area contributed by atoms with Crippen molar-refractivity contribution in [2.75, 3.05) is 19.8 Å². The van der Waals surface area contributed by atoms with Crippen molar-refractivity contribution in [1.82, 2.24) is 10.6 Å². The SMILES string of the molecule is O=C(NCCCOc1ccccc1)NC1CCCCC1CO. The Balaban J connectivity index is 1.57. The third-order valence-corrected chi connectivity index (χ3v) is 4.08. The van der Waals surface area contributed by atoms with E-state index in [9.17, 15) is 9.90 Å². The molecule has 1 saturated carbocycles. The van der Waals surface area contributed by atoms with Gasteiger partial charge in [-0.2, -0.15) is 0 Å². The summed E-state index contributed by atoms with van der Waals surface area (Å²) in [6, 6.07) is 9.59. The maximum absolute atomic E-state index is 11.9. The lowest BCUT2D eigenvalue weighted by molar-refractivity contribution is 0.153. The highest BCUT2D eigenvalue weighted by Crippen LogP contribution is 2.23. The van der Waals surface area contributed by atoms with Gasteiger partial charge in [0.1, 0.15) is 5.75 Å². The molecular formula is C17H26N2O3. The Bertz CT molecular complexity index is 439. The molecule has 2 unspecified atom stereocenters. The largest absolute Gasteiger partial charge is 0.494 e. The van der Waals surface area contributed by atoms with Gasteiger partial charge in [0.25, 0.3) is 0 Å². The van der Waals surface area contributed by atoms with E-state index in [2.05, 4.69) is 10.6 Å². The molecule has 3 N–H and O–H groups in total. The number of amides is 2. The van der Waals surface area contributed by atoms with Crippen LogP contribution in [0.25, 0.3) is 0 Å². The van der Waals surface area contributed by atoms with Gasteiger partial charge in [-0.1, -0.05) is 31.0 Å². The maximum atomic E-state index is 11.9. The standard InChI is InChI=1S/C17H26N2O3/c20-13-14-7-4-5-10-16(14)19-17(21)18-11-6-12-22-15-8-2-1-3-9-15/h1-3,8-9,14,16,20H,4-7,10-13H2,(H2,18,19,21). The average Bonchev–Trinajstić information content (AvgIpc) is 2.56. The molecule has 5 heteroatoms. The van der Waals surface area contributed by atoms with Crippen molar-refractivity contribution in [3.8, 4) is 5.75 Å². The molecule has 2 amide bonds. The first kappa shape index (κ1) is 16.6. The van der Waals surface area contributed by atoms with Crippen molar-refractivity contribution in [2.45, 2.75) is 38.1 Å². The molecule has 0 spiro atoms. The van der Waals surface area contributed by atoms with Gasteiger partial charge in [0.15, 0.2) is 0 Å². The number of carbonyl (C=O) groups is 1. The lowest BCUT2D eigenvalue weighted by Crippen LogP contribution is -2.47. The number of hydrogen-bond acceptors (Lipinski definition) is 3. The molecule has 22 heavy (non-hydrogen) atoms. The lowest BCUT2D eigenvalue weighted by atomic mass is 9.85. The Hall–Kier alpha value is -1.75. The second kappa shape index (κ2) is 9.30. The molecule has 1 aliphatic rings. The van der Waals surface area contributed by atoms with Gasteiger partial charge in [-0.05, 0) is 31.4 Å². The van der Waals surface area contributed by atoms with E-state index in [1.807, 2.05) is 30.3 Å². The zero-order chi connectivity index (χ0) is 15.6. The lowest BCUT2D eigenvalue weighted by Gasteiger charge is -2.30. The summed E-state index contributed by atoms with van der Waals surface area (Å²) in [7, 11) is 0. The van der Waals surface area contributed by atoms with Crippen molar-refractivity contribution >= 4 is 6.03 Å². The van der Waals surface area contributed by atoms with Gasteiger partial charge in [-0.3, -0.25) is 0 Å². The number of hydrogen-bond donors (Lipinski definition) is 3. The molecule has 1 fully saturated rings. The van der Waals surface area contributed by atoms with Crippen molar-refractivity contribution in [3.63, 3.8) is 0 Å². The highest BCUT2D eigenvalue weighted by atomic mass is 16.5. The smallest absolute Gasteiger partial charge is 0.315 e. The minimum atomic E-state index is -0.148. The first-order chi connectivity index (χ1) is 10.8. The minimum absolute atomic E-state index is 0.0966. The van der Waals surface area contributed by atoms with Crippen LogP contribution in [0.15, 0.2) is 30.3 Å². The van der Waals surface area contributed by atoms with Crippen molar-refractivity contribution < 1.29 is 14.6 Å². The zero-order valence-corrected chi connectivity index (χ0v) is 13.0. The second-order valence-electron chi connectivity index (χ2n) is 5.75. The van der Waals surface area contributed by atoms with Crippen LogP contribution < -0.4 is 15.4 Å². The average molecular weight is 306 g/mol. The molecule has 0 heterocycles. The van der Waals surface area contributed by atoms with Gasteiger partial charge < -0.3 is 20.5 Å². The molecule has 0 saturated heterocycles. The molecule has 0 aromatic heterocycles. The summed E-state index contributed by atoms with van der Waals surface area (Å²) < 4.78 is 5.57. The van der Waals surface area contributed by atoms with Crippen LogP contribution in [0.2, 0.25) is 0 Å². The monoisotopic (exact) mass is 306 g/mol. The second-order valence-corrected chi connectivity index (χ2v) is 5.75. The van der Waals surface area contributed by atoms with Crippen LogP contribution in [0.4, 0.5) is 4.79 Å². The van der Waals surface area contributed by atoms with Crippen LogP contribution in [0, 0.1) is 5.92 Å². The molecule has 0 bridgehead atoms. The molecular weight excluding hydrogens is 280 g/mol. The van der Waals surface area contributed by atoms with Gasteiger partial charge >= 0.3 is 6.03 Å². The molecule has 1 aliphatic carbocycles. The first-order valence-electron chi connectivity index (χ1n) is 8.12. The maximum Gasteiger partial charge on any atom is 0.315 e. The Morgan fingerprint density at radius 1 is 1.23 bits per heavy atom. The number of rotatable bonds is 7. The minimum Gasteiger partial charge on any atom is -0.494 e. The third-order valence-electron chi connectivity index (χ3n) is 4.08. The number of aliphatic hydroxyl groups excluding tert-OH is 1. The quantitative estimate of drug-likeness (QED) is 0.677. The van der Waals surface area contributed by atoms with Gasteiger partial charge in [0.05, 0.1) is 6.61 Å². The van der Waals surface area contributed by atoms with E-state index in [1.54, 1.807) is 0 Å². The van der Waals surface area contributed by atoms with Gasteiger partial charge in [0, 0.05) is 25.1 Å². The predicted molar refractivity (Wildman–Crippen MR) is 85.9 cm³/mol. The Morgan fingerprint density at radius 2 is 2.00 bits per heavy atom. The van der Waals surface area contributed by atoms with E-state index < -0.39 is 0 Å². The Labute approximate surface area is 132 Å². The molecule has 0 aliphatic heterocycles. The first-order valence-corrected chi connectivity index (χ1v) is 8.12. The molecule has 1 aromatic rings. The summed E-state index contributed by atoms with van der Waals surface area (Å²) in [6.45, 7) is 1.30. The number of ether oxygens (including phenoxy) is 1. The van der Waals surface area contributed by atoms with Crippen LogP contribution in [-0.2, 0) is 0 Å². The Kier molecular flexibility index (Phi) is 7.03. The van der Waals surface area contributed by atoms with Crippen LogP contribution in [0.3, 0.4) is 0 Å². The highest BCUT2D eigenvalue weighted by molar-refractivity contribution is 5.74. The van der Waals surface area contributed by atoms with E-state index in [0.29, 0.717) is 13.2 Å². The number of urea groups is 1. The topological polar surface area (TPSA) is 70.6 Å². The van der Waals surface area contributed by atoms with Crippen LogP contribution in [0.1, 0.15) is 32.1 Å². The van der Waals surface area contributed by atoms with E-state index in [4.69, 9.17) is 4.74 Å². The van der Waals surface area contributed by atoms with E-state index in [1.165, 1.54) is 0 Å².